The molecule has 1 saturated heterocycles. The quantitative estimate of drug-likeness (QED) is 0.656. The van der Waals surface area contributed by atoms with Gasteiger partial charge in [0.05, 0.1) is 18.9 Å². The second-order valence-corrected chi connectivity index (χ2v) is 7.65. The highest BCUT2D eigenvalue weighted by Crippen LogP contribution is 2.30. The summed E-state index contributed by atoms with van der Waals surface area (Å²) in [5.74, 6) is 1.20. The number of imidazole rings is 1. The molecule has 1 atom stereocenters. The van der Waals surface area contributed by atoms with E-state index in [9.17, 15) is 9.59 Å². The molecule has 2 N–H and O–H groups in total. The number of hydrogen-bond acceptors (Lipinski definition) is 5. The van der Waals surface area contributed by atoms with Crippen LogP contribution in [-0.4, -0.2) is 63.7 Å². The zero-order valence-electron chi connectivity index (χ0n) is 17.9. The van der Waals surface area contributed by atoms with Crippen molar-refractivity contribution in [3.8, 4) is 17.0 Å². The van der Waals surface area contributed by atoms with Crippen molar-refractivity contribution in [3.63, 3.8) is 0 Å². The van der Waals surface area contributed by atoms with Crippen LogP contribution in [0, 0.1) is 0 Å². The maximum absolute atomic E-state index is 12.9. The molecule has 0 saturated carbocycles. The maximum Gasteiger partial charge on any atom is 0.269 e. The van der Waals surface area contributed by atoms with Crippen molar-refractivity contribution >= 4 is 11.8 Å². The predicted octanol–water partition coefficient (Wildman–Crippen LogP) is 2.20. The normalized spacial score (nSPS) is 16.2. The van der Waals surface area contributed by atoms with Crippen molar-refractivity contribution in [2.45, 2.75) is 18.8 Å². The number of likely N-dealkylation sites (tertiary alicyclic amines) is 1. The number of ether oxygens (including phenoxy) is 1. The van der Waals surface area contributed by atoms with Gasteiger partial charge in [0, 0.05) is 44.9 Å². The van der Waals surface area contributed by atoms with Crippen LogP contribution in [0.5, 0.6) is 5.75 Å². The molecule has 1 fully saturated rings. The number of aromatic nitrogens is 4. The number of carbonyl (C=O) groups is 2. The molecule has 0 aliphatic carbocycles. The van der Waals surface area contributed by atoms with Gasteiger partial charge in [0.15, 0.2) is 0 Å². The van der Waals surface area contributed by atoms with E-state index in [1.807, 2.05) is 29.2 Å². The number of nitrogens with one attached hydrogen (secondary N) is 2. The number of rotatable bonds is 5. The zero-order chi connectivity index (χ0) is 22.0. The summed E-state index contributed by atoms with van der Waals surface area (Å²) in [4.78, 5) is 35.2. The van der Waals surface area contributed by atoms with Crippen molar-refractivity contribution in [1.29, 1.82) is 0 Å². The van der Waals surface area contributed by atoms with E-state index < -0.39 is 0 Å². The first-order valence-electron chi connectivity index (χ1n) is 10.2. The fourth-order valence-corrected chi connectivity index (χ4v) is 3.93. The van der Waals surface area contributed by atoms with Crippen LogP contribution in [0.3, 0.4) is 0 Å². The van der Waals surface area contributed by atoms with Gasteiger partial charge in [0.1, 0.15) is 23.0 Å². The van der Waals surface area contributed by atoms with Crippen molar-refractivity contribution in [2.24, 2.45) is 7.05 Å². The summed E-state index contributed by atoms with van der Waals surface area (Å²) in [6.07, 6.45) is 5.07. The molecule has 0 radical (unpaired) electrons. The highest BCUT2D eigenvalue weighted by Gasteiger charge is 2.29. The Balaban J connectivity index is 1.61. The third-order valence-electron chi connectivity index (χ3n) is 5.59. The average Bonchev–Trinajstić information content (AvgIpc) is 3.45. The minimum atomic E-state index is -0.233. The van der Waals surface area contributed by atoms with E-state index in [1.165, 1.54) is 0 Å². The van der Waals surface area contributed by atoms with Crippen LogP contribution >= 0.6 is 0 Å². The van der Waals surface area contributed by atoms with E-state index in [2.05, 4.69) is 15.4 Å². The molecular weight excluding hydrogens is 396 g/mol. The topological polar surface area (TPSA) is 105 Å². The van der Waals surface area contributed by atoms with E-state index >= 15 is 0 Å². The molecule has 9 heteroatoms. The number of hydrogen-bond donors (Lipinski definition) is 2. The summed E-state index contributed by atoms with van der Waals surface area (Å²) in [6, 6.07) is 7.44. The van der Waals surface area contributed by atoms with Crippen LogP contribution in [0.1, 0.15) is 45.4 Å². The SMILES string of the molecule is CNC(=O)c1[nH]c([C@@H]2CCCN(C(=O)c3cnn(C)c3)C2)nc1-c1ccc(OC)cc1. The number of aryl methyl sites for hydroxylation is 1. The number of H-pyrrole nitrogens is 1. The predicted molar refractivity (Wildman–Crippen MR) is 115 cm³/mol. The lowest BCUT2D eigenvalue weighted by molar-refractivity contribution is 0.0704. The fraction of sp³-hybridized carbons (Fsp3) is 0.364. The molecule has 0 unspecified atom stereocenters. The Bertz CT molecular complexity index is 1090. The Morgan fingerprint density at radius 1 is 1.26 bits per heavy atom. The summed E-state index contributed by atoms with van der Waals surface area (Å²) >= 11 is 0. The van der Waals surface area contributed by atoms with Gasteiger partial charge >= 0.3 is 0 Å². The first-order valence-corrected chi connectivity index (χ1v) is 10.2. The molecule has 1 aliphatic rings. The first kappa shape index (κ1) is 20.6. The molecule has 2 amide bonds. The van der Waals surface area contributed by atoms with E-state index in [4.69, 9.17) is 9.72 Å². The standard InChI is InChI=1S/C22H26N6O3/c1-23-21(29)19-18(14-6-8-17(31-3)9-7-14)25-20(26-19)15-5-4-10-28(13-15)22(30)16-11-24-27(2)12-16/h6-9,11-12,15H,4-5,10,13H2,1-3H3,(H,23,29)(H,25,26)/t15-/m1/s1. The molecule has 0 bridgehead atoms. The number of piperidine rings is 1. The summed E-state index contributed by atoms with van der Waals surface area (Å²) in [5, 5.41) is 6.77. The molecule has 4 rings (SSSR count). The Kier molecular flexibility index (Phi) is 5.75. The Morgan fingerprint density at radius 2 is 2.03 bits per heavy atom. The van der Waals surface area contributed by atoms with Crippen LogP contribution in [0.2, 0.25) is 0 Å². The van der Waals surface area contributed by atoms with Gasteiger partial charge < -0.3 is 19.9 Å². The fourth-order valence-electron chi connectivity index (χ4n) is 3.93. The van der Waals surface area contributed by atoms with E-state index in [0.717, 1.165) is 24.2 Å². The number of amides is 2. The van der Waals surface area contributed by atoms with Crippen molar-refractivity contribution < 1.29 is 14.3 Å². The molecule has 0 spiro atoms. The number of aromatic amines is 1. The lowest BCUT2D eigenvalue weighted by Crippen LogP contribution is -2.39. The summed E-state index contributed by atoms with van der Waals surface area (Å²) in [7, 11) is 4.99. The van der Waals surface area contributed by atoms with Crippen molar-refractivity contribution in [3.05, 3.63) is 53.7 Å². The monoisotopic (exact) mass is 422 g/mol. The van der Waals surface area contributed by atoms with Gasteiger partial charge in [-0.05, 0) is 37.1 Å². The Morgan fingerprint density at radius 3 is 2.68 bits per heavy atom. The average molecular weight is 422 g/mol. The Labute approximate surface area is 180 Å². The molecule has 31 heavy (non-hydrogen) atoms. The highest BCUT2D eigenvalue weighted by atomic mass is 16.5. The lowest BCUT2D eigenvalue weighted by Gasteiger charge is -2.31. The summed E-state index contributed by atoms with van der Waals surface area (Å²) in [6.45, 7) is 1.23. The van der Waals surface area contributed by atoms with E-state index in [-0.39, 0.29) is 17.7 Å². The summed E-state index contributed by atoms with van der Waals surface area (Å²) in [5.41, 5.74) is 2.40. The minimum Gasteiger partial charge on any atom is -0.497 e. The Hall–Kier alpha value is -3.62. The van der Waals surface area contributed by atoms with Gasteiger partial charge in [0.25, 0.3) is 11.8 Å². The molecule has 3 aromatic rings. The van der Waals surface area contributed by atoms with Crippen LogP contribution < -0.4 is 10.1 Å². The number of benzene rings is 1. The lowest BCUT2D eigenvalue weighted by atomic mass is 9.97. The van der Waals surface area contributed by atoms with Crippen molar-refractivity contribution in [2.75, 3.05) is 27.2 Å². The van der Waals surface area contributed by atoms with E-state index in [1.54, 1.807) is 38.3 Å². The van der Waals surface area contributed by atoms with Crippen LogP contribution in [0.15, 0.2) is 36.7 Å². The van der Waals surface area contributed by atoms with E-state index in [0.29, 0.717) is 35.9 Å². The van der Waals surface area contributed by atoms with Crippen LogP contribution in [0.25, 0.3) is 11.3 Å². The molecular formula is C22H26N6O3. The van der Waals surface area contributed by atoms with Gasteiger partial charge in [-0.15, -0.1) is 0 Å². The van der Waals surface area contributed by atoms with Gasteiger partial charge in [-0.3, -0.25) is 14.3 Å². The molecule has 1 aromatic carbocycles. The molecule has 2 aromatic heterocycles. The zero-order valence-corrected chi connectivity index (χ0v) is 17.9. The molecule has 3 heterocycles. The second-order valence-electron chi connectivity index (χ2n) is 7.65. The smallest absolute Gasteiger partial charge is 0.269 e. The summed E-state index contributed by atoms with van der Waals surface area (Å²) < 4.78 is 6.85. The largest absolute Gasteiger partial charge is 0.497 e. The molecule has 162 valence electrons. The highest BCUT2D eigenvalue weighted by molar-refractivity contribution is 5.98. The van der Waals surface area contributed by atoms with Crippen molar-refractivity contribution in [1.82, 2.24) is 30.0 Å². The third kappa shape index (κ3) is 4.16. The van der Waals surface area contributed by atoms with Gasteiger partial charge in [-0.25, -0.2) is 4.98 Å². The minimum absolute atomic E-state index is 0.0183. The molecule has 9 nitrogen and oxygen atoms in total. The van der Waals surface area contributed by atoms with Crippen LogP contribution in [-0.2, 0) is 7.05 Å². The van der Waals surface area contributed by atoms with Gasteiger partial charge in [0.2, 0.25) is 0 Å². The number of methoxy groups -OCH3 is 1. The van der Waals surface area contributed by atoms with Gasteiger partial charge in [-0.1, -0.05) is 0 Å². The second kappa shape index (κ2) is 8.63. The van der Waals surface area contributed by atoms with Crippen LogP contribution in [0.4, 0.5) is 0 Å². The maximum atomic E-state index is 12.9. The first-order chi connectivity index (χ1) is 15.0. The third-order valence-corrected chi connectivity index (χ3v) is 5.59. The molecule has 1 aliphatic heterocycles. The number of nitrogens with zero attached hydrogens (tertiary/aromatic N) is 4. The van der Waals surface area contributed by atoms with Gasteiger partial charge in [-0.2, -0.15) is 5.10 Å². The number of carbonyl (C=O) groups excluding carboxylic acids is 2.